The number of nitrogens with zero attached hydrogens (tertiary/aromatic N) is 2. The van der Waals surface area contributed by atoms with Crippen LogP contribution in [-0.2, 0) is 12.8 Å². The van der Waals surface area contributed by atoms with Gasteiger partial charge in [0.05, 0.1) is 12.9 Å². The molecule has 3 aromatic rings. The number of thiophene rings is 1. The van der Waals surface area contributed by atoms with Gasteiger partial charge in [-0.3, -0.25) is 4.79 Å². The van der Waals surface area contributed by atoms with Gasteiger partial charge in [-0.05, 0) is 42.9 Å². The molecular weight excluding hydrogens is 364 g/mol. The summed E-state index contributed by atoms with van der Waals surface area (Å²) in [5.41, 5.74) is 2.07. The largest absolute Gasteiger partial charge is 0.497 e. The van der Waals surface area contributed by atoms with Crippen molar-refractivity contribution in [3.63, 3.8) is 0 Å². The molecule has 0 radical (unpaired) electrons. The molecular formula is C20H20N2O2S2. The SMILES string of the molecule is COc1cccc(C(=O)CSc2ncnc3sc4c(c23)CC[C@H](C)C4)c1. The fraction of sp³-hybridized carbons (Fsp3) is 0.350. The second-order valence-electron chi connectivity index (χ2n) is 6.65. The zero-order chi connectivity index (χ0) is 18.1. The average molecular weight is 385 g/mol. The van der Waals surface area contributed by atoms with Gasteiger partial charge in [0.1, 0.15) is 21.9 Å². The van der Waals surface area contributed by atoms with Crippen molar-refractivity contribution >= 4 is 39.1 Å². The zero-order valence-electron chi connectivity index (χ0n) is 14.8. The smallest absolute Gasteiger partial charge is 0.173 e. The van der Waals surface area contributed by atoms with Crippen molar-refractivity contribution in [3.8, 4) is 5.75 Å². The number of ketones is 1. The number of carbonyl (C=O) groups excluding carboxylic acids is 1. The lowest BCUT2D eigenvalue weighted by Gasteiger charge is -2.18. The molecule has 1 aromatic carbocycles. The third kappa shape index (κ3) is 3.35. The van der Waals surface area contributed by atoms with E-state index in [9.17, 15) is 4.79 Å². The molecule has 1 aliphatic carbocycles. The molecule has 2 heterocycles. The van der Waals surface area contributed by atoms with E-state index in [-0.39, 0.29) is 5.78 Å². The van der Waals surface area contributed by atoms with Crippen molar-refractivity contribution in [3.05, 3.63) is 46.6 Å². The Bertz CT molecular complexity index is 968. The topological polar surface area (TPSA) is 52.1 Å². The summed E-state index contributed by atoms with van der Waals surface area (Å²) in [5.74, 6) is 1.87. The van der Waals surface area contributed by atoms with Gasteiger partial charge < -0.3 is 4.74 Å². The Morgan fingerprint density at radius 3 is 3.12 bits per heavy atom. The van der Waals surface area contributed by atoms with Gasteiger partial charge in [-0.1, -0.05) is 30.8 Å². The number of ether oxygens (including phenoxy) is 1. The quantitative estimate of drug-likeness (QED) is 0.359. The van der Waals surface area contributed by atoms with Crippen LogP contribution in [-0.4, -0.2) is 28.6 Å². The average Bonchev–Trinajstić information content (AvgIpc) is 3.04. The first-order valence-electron chi connectivity index (χ1n) is 8.71. The number of methoxy groups -OCH3 is 1. The summed E-state index contributed by atoms with van der Waals surface area (Å²) in [6.45, 7) is 2.31. The highest BCUT2D eigenvalue weighted by Crippen LogP contribution is 2.40. The van der Waals surface area contributed by atoms with Crippen molar-refractivity contribution < 1.29 is 9.53 Å². The number of rotatable bonds is 5. The molecule has 0 amide bonds. The molecule has 2 aromatic heterocycles. The predicted molar refractivity (Wildman–Crippen MR) is 107 cm³/mol. The van der Waals surface area contributed by atoms with Crippen molar-refractivity contribution in [2.75, 3.05) is 12.9 Å². The highest BCUT2D eigenvalue weighted by Gasteiger charge is 2.23. The summed E-state index contributed by atoms with van der Waals surface area (Å²) in [6, 6.07) is 7.30. The van der Waals surface area contributed by atoms with Crippen molar-refractivity contribution in [2.45, 2.75) is 31.2 Å². The van der Waals surface area contributed by atoms with Gasteiger partial charge in [0, 0.05) is 15.8 Å². The first-order chi connectivity index (χ1) is 12.7. The molecule has 26 heavy (non-hydrogen) atoms. The Balaban J connectivity index is 1.58. The van der Waals surface area contributed by atoms with Crippen LogP contribution >= 0.6 is 23.1 Å². The lowest BCUT2D eigenvalue weighted by Crippen LogP contribution is -2.09. The molecule has 1 atom stereocenters. The molecule has 0 unspecified atom stereocenters. The summed E-state index contributed by atoms with van der Waals surface area (Å²) < 4.78 is 5.21. The minimum absolute atomic E-state index is 0.0818. The Labute approximate surface area is 161 Å². The van der Waals surface area contributed by atoms with E-state index >= 15 is 0 Å². The third-order valence-electron chi connectivity index (χ3n) is 4.79. The molecule has 0 spiro atoms. The molecule has 4 rings (SSSR count). The van der Waals surface area contributed by atoms with Crippen LogP contribution in [0.1, 0.15) is 34.1 Å². The van der Waals surface area contributed by atoms with Gasteiger partial charge in [0.15, 0.2) is 5.78 Å². The lowest BCUT2D eigenvalue weighted by atomic mass is 9.89. The second-order valence-corrected chi connectivity index (χ2v) is 8.70. The number of hydrogen-bond acceptors (Lipinski definition) is 6. The van der Waals surface area contributed by atoms with E-state index in [1.54, 1.807) is 30.8 Å². The Morgan fingerprint density at radius 1 is 1.38 bits per heavy atom. The Hall–Kier alpha value is -1.92. The molecule has 6 heteroatoms. The van der Waals surface area contributed by atoms with Crippen molar-refractivity contribution in [1.82, 2.24) is 9.97 Å². The van der Waals surface area contributed by atoms with Crippen LogP contribution in [0.2, 0.25) is 0 Å². The summed E-state index contributed by atoms with van der Waals surface area (Å²) >= 11 is 3.30. The number of aromatic nitrogens is 2. The fourth-order valence-corrected chi connectivity index (χ4v) is 5.70. The van der Waals surface area contributed by atoms with Gasteiger partial charge in [0.25, 0.3) is 0 Å². The Morgan fingerprint density at radius 2 is 2.27 bits per heavy atom. The standard InChI is InChI=1S/C20H20N2O2S2/c1-12-6-7-15-17(8-12)26-20-18(15)19(21-11-22-20)25-10-16(23)13-4-3-5-14(9-13)24-2/h3-5,9,11-12H,6-8,10H2,1-2H3/t12-/m0/s1. The summed E-state index contributed by atoms with van der Waals surface area (Å²) in [4.78, 5) is 24.0. The molecule has 1 aliphatic rings. The van der Waals surface area contributed by atoms with Crippen LogP contribution in [0, 0.1) is 5.92 Å². The fourth-order valence-electron chi connectivity index (χ4n) is 3.37. The van der Waals surface area contributed by atoms with Crippen LogP contribution in [0.3, 0.4) is 0 Å². The number of fused-ring (bicyclic) bond motifs is 3. The van der Waals surface area contributed by atoms with E-state index in [1.807, 2.05) is 18.2 Å². The van der Waals surface area contributed by atoms with E-state index in [0.29, 0.717) is 17.1 Å². The summed E-state index contributed by atoms with van der Waals surface area (Å²) in [7, 11) is 1.61. The van der Waals surface area contributed by atoms with Gasteiger partial charge in [-0.15, -0.1) is 11.3 Å². The van der Waals surface area contributed by atoms with Crippen LogP contribution in [0.25, 0.3) is 10.2 Å². The Kier molecular flexibility index (Phi) is 4.96. The molecule has 0 aliphatic heterocycles. The van der Waals surface area contributed by atoms with Crippen LogP contribution in [0.4, 0.5) is 0 Å². The van der Waals surface area contributed by atoms with Gasteiger partial charge >= 0.3 is 0 Å². The van der Waals surface area contributed by atoms with Gasteiger partial charge in [0.2, 0.25) is 0 Å². The van der Waals surface area contributed by atoms with Crippen molar-refractivity contribution in [1.29, 1.82) is 0 Å². The number of hydrogen-bond donors (Lipinski definition) is 0. The summed E-state index contributed by atoms with van der Waals surface area (Å²) in [5, 5.41) is 2.10. The maximum Gasteiger partial charge on any atom is 0.173 e. The molecule has 4 nitrogen and oxygen atoms in total. The number of thioether (sulfide) groups is 1. The number of Topliss-reactive ketones (excluding diaryl/α,β-unsaturated/α-hetero) is 1. The van der Waals surface area contributed by atoms with Gasteiger partial charge in [-0.2, -0.15) is 0 Å². The first kappa shape index (κ1) is 17.5. The minimum Gasteiger partial charge on any atom is -0.497 e. The number of benzene rings is 1. The van der Waals surface area contributed by atoms with Crippen LogP contribution in [0.5, 0.6) is 5.75 Å². The monoisotopic (exact) mass is 384 g/mol. The van der Waals surface area contributed by atoms with Crippen molar-refractivity contribution in [2.24, 2.45) is 5.92 Å². The highest BCUT2D eigenvalue weighted by molar-refractivity contribution is 8.00. The molecule has 0 fully saturated rings. The maximum atomic E-state index is 12.6. The predicted octanol–water partition coefficient (Wildman–Crippen LogP) is 4.80. The number of carbonyl (C=O) groups is 1. The second kappa shape index (κ2) is 7.37. The molecule has 0 bridgehead atoms. The van der Waals surface area contributed by atoms with E-state index in [1.165, 1.54) is 34.0 Å². The first-order valence-corrected chi connectivity index (χ1v) is 10.5. The van der Waals surface area contributed by atoms with E-state index in [4.69, 9.17) is 4.74 Å². The van der Waals surface area contributed by atoms with E-state index in [2.05, 4.69) is 16.9 Å². The van der Waals surface area contributed by atoms with Crippen LogP contribution < -0.4 is 4.74 Å². The highest BCUT2D eigenvalue weighted by atomic mass is 32.2. The third-order valence-corrected chi connectivity index (χ3v) is 6.94. The normalized spacial score (nSPS) is 16.5. The van der Waals surface area contributed by atoms with Crippen LogP contribution in [0.15, 0.2) is 35.6 Å². The minimum atomic E-state index is 0.0818. The lowest BCUT2D eigenvalue weighted by molar-refractivity contribution is 0.102. The van der Waals surface area contributed by atoms with E-state index in [0.717, 1.165) is 28.6 Å². The molecule has 0 saturated carbocycles. The van der Waals surface area contributed by atoms with Gasteiger partial charge in [-0.25, -0.2) is 9.97 Å². The van der Waals surface area contributed by atoms with E-state index < -0.39 is 0 Å². The number of aryl methyl sites for hydroxylation is 1. The molecule has 0 saturated heterocycles. The molecule has 0 N–H and O–H groups in total. The zero-order valence-corrected chi connectivity index (χ0v) is 16.5. The summed E-state index contributed by atoms with van der Waals surface area (Å²) in [6.07, 6.45) is 5.04. The molecule has 134 valence electrons. The maximum absolute atomic E-state index is 12.6.